The van der Waals surface area contributed by atoms with Crippen LogP contribution in [0.5, 0.6) is 0 Å². The van der Waals surface area contributed by atoms with Crippen LogP contribution >= 0.6 is 0 Å². The molecule has 5 saturated carbocycles. The van der Waals surface area contributed by atoms with Gasteiger partial charge in [0.15, 0.2) is 18.9 Å². The van der Waals surface area contributed by atoms with Gasteiger partial charge < -0.3 is 32.3 Å². The molecule has 5 aliphatic rings. The van der Waals surface area contributed by atoms with E-state index in [0.717, 1.165) is 44.2 Å². The van der Waals surface area contributed by atoms with E-state index in [4.69, 9.17) is 6.58 Å². The topological polar surface area (TPSA) is 64.6 Å². The molecular weight excluding hydrogens is 574 g/mol. The predicted octanol–water partition coefficient (Wildman–Crippen LogP) is 3.46. The number of aliphatic hydroxyl groups is 3. The Morgan fingerprint density at radius 1 is 0.902 bits per heavy atom. The van der Waals surface area contributed by atoms with Crippen molar-refractivity contribution in [3.05, 3.63) is 42.2 Å². The fraction of sp³-hybridized carbons (Fsp3) is 0.806. The quantitative estimate of drug-likeness (QED) is 0.345. The summed E-state index contributed by atoms with van der Waals surface area (Å²) in [6.45, 7) is 18.5. The Morgan fingerprint density at radius 3 is 2.37 bits per heavy atom. The highest BCUT2D eigenvalue weighted by molar-refractivity contribution is 5.22. The number of hydrogen-bond donors (Lipinski definition) is 3. The molecule has 1 aromatic rings. The average molecular weight is 631 g/mol. The monoisotopic (exact) mass is 629 g/mol. The van der Waals surface area contributed by atoms with Crippen molar-refractivity contribution in [1.82, 2.24) is 0 Å². The van der Waals surface area contributed by atoms with Gasteiger partial charge in [-0.25, -0.2) is 4.57 Å². The molecule has 6 rings (SSSR count). The Balaban J connectivity index is 0.00000337. The molecule has 0 bridgehead atoms. The van der Waals surface area contributed by atoms with Gasteiger partial charge in [0.1, 0.15) is 0 Å². The van der Waals surface area contributed by atoms with E-state index < -0.39 is 0 Å². The van der Waals surface area contributed by atoms with Crippen LogP contribution in [0.1, 0.15) is 104 Å². The normalized spacial score (nSPS) is 46.3. The third-order valence-electron chi connectivity index (χ3n) is 14.9. The number of halogens is 1. The van der Waals surface area contributed by atoms with Gasteiger partial charge in [-0.05, 0) is 133 Å². The van der Waals surface area contributed by atoms with Gasteiger partial charge in [-0.3, -0.25) is 0 Å². The minimum atomic E-state index is -0.178. The Morgan fingerprint density at radius 2 is 1.66 bits per heavy atom. The largest absolute Gasteiger partial charge is 1.00 e. The average Bonchev–Trinajstić information content (AvgIpc) is 3.32. The molecule has 0 aliphatic heterocycles. The van der Waals surface area contributed by atoms with Crippen LogP contribution in [-0.4, -0.2) is 28.0 Å². The van der Waals surface area contributed by atoms with E-state index in [1.807, 2.05) is 12.1 Å². The lowest BCUT2D eigenvalue weighted by molar-refractivity contribution is -0.690. The van der Waals surface area contributed by atoms with Crippen LogP contribution in [0.2, 0.25) is 0 Å². The van der Waals surface area contributed by atoms with Crippen molar-refractivity contribution in [2.75, 3.05) is 6.61 Å². The third-order valence-corrected chi connectivity index (χ3v) is 14.9. The second kappa shape index (κ2) is 10.7. The number of pyridine rings is 1. The Hall–Kier alpha value is -0.750. The summed E-state index contributed by atoms with van der Waals surface area (Å²) in [5, 5.41) is 31.6. The smallest absolute Gasteiger partial charge is 0.174 e. The molecule has 3 N–H and O–H groups in total. The Kier molecular flexibility index (Phi) is 8.27. The minimum absolute atomic E-state index is 0. The molecular formula is C36H56BrNO3. The maximum atomic E-state index is 11.0. The van der Waals surface area contributed by atoms with Crippen LogP contribution in [-0.2, 0) is 13.2 Å². The molecule has 5 aliphatic carbocycles. The predicted molar refractivity (Wildman–Crippen MR) is 159 cm³/mol. The number of aromatic nitrogens is 1. The molecule has 230 valence electrons. The molecule has 0 aromatic carbocycles. The molecule has 4 unspecified atom stereocenters. The minimum Gasteiger partial charge on any atom is -1.00 e. The zero-order valence-corrected chi connectivity index (χ0v) is 27.9. The SMILES string of the molecule is C=C(C[n+]1cccc(CO)c1)[C@@H]1CC[C@]2(CO)CC[C@]3(C)C(CCC4[C@@]5(C)CC[C@H](O)C(C)(C)C5CC[C@]43C)C12.[Br-]. The molecule has 0 spiro atoms. The van der Waals surface area contributed by atoms with E-state index in [1.165, 1.54) is 37.7 Å². The second-order valence-corrected chi connectivity index (χ2v) is 16.4. The van der Waals surface area contributed by atoms with Crippen molar-refractivity contribution >= 4 is 0 Å². The van der Waals surface area contributed by atoms with Crippen molar-refractivity contribution in [3.8, 4) is 0 Å². The van der Waals surface area contributed by atoms with Crippen molar-refractivity contribution in [2.24, 2.45) is 56.7 Å². The maximum absolute atomic E-state index is 11.0. The lowest BCUT2D eigenvalue weighted by Crippen LogP contribution is -3.00. The highest BCUT2D eigenvalue weighted by atomic mass is 79.9. The summed E-state index contributed by atoms with van der Waals surface area (Å²) in [5.41, 5.74) is 3.12. The zero-order chi connectivity index (χ0) is 28.7. The highest BCUT2D eigenvalue weighted by Gasteiger charge is 2.70. The van der Waals surface area contributed by atoms with Crippen molar-refractivity contribution in [3.63, 3.8) is 0 Å². The van der Waals surface area contributed by atoms with Crippen LogP contribution in [0, 0.1) is 56.7 Å². The zero-order valence-electron chi connectivity index (χ0n) is 26.3. The van der Waals surface area contributed by atoms with Crippen molar-refractivity contribution in [2.45, 2.75) is 118 Å². The fourth-order valence-electron chi connectivity index (χ4n) is 12.6. The molecule has 0 radical (unpaired) electrons. The van der Waals surface area contributed by atoms with E-state index in [2.05, 4.69) is 51.6 Å². The van der Waals surface area contributed by atoms with Crippen LogP contribution in [0.4, 0.5) is 0 Å². The van der Waals surface area contributed by atoms with Gasteiger partial charge in [0.05, 0.1) is 12.7 Å². The van der Waals surface area contributed by atoms with Crippen LogP contribution in [0.15, 0.2) is 36.7 Å². The summed E-state index contributed by atoms with van der Waals surface area (Å²) in [7, 11) is 0. The first-order chi connectivity index (χ1) is 18.9. The molecule has 1 heterocycles. The van der Waals surface area contributed by atoms with Crippen LogP contribution < -0.4 is 21.5 Å². The first kappa shape index (κ1) is 31.7. The first-order valence-corrected chi connectivity index (χ1v) is 16.4. The Bertz CT molecular complexity index is 1150. The van der Waals surface area contributed by atoms with Gasteiger partial charge in [-0.1, -0.05) is 41.2 Å². The number of allylic oxidation sites excluding steroid dienone is 1. The number of rotatable bonds is 5. The van der Waals surface area contributed by atoms with Crippen LogP contribution in [0.3, 0.4) is 0 Å². The first-order valence-electron chi connectivity index (χ1n) is 16.4. The summed E-state index contributed by atoms with van der Waals surface area (Å²) in [4.78, 5) is 0. The van der Waals surface area contributed by atoms with Gasteiger partial charge in [-0.2, -0.15) is 0 Å². The number of hydrogen-bond acceptors (Lipinski definition) is 3. The van der Waals surface area contributed by atoms with E-state index in [0.29, 0.717) is 47.0 Å². The van der Waals surface area contributed by atoms with E-state index in [9.17, 15) is 15.3 Å². The highest BCUT2D eigenvalue weighted by Crippen LogP contribution is 2.77. The lowest BCUT2D eigenvalue weighted by Gasteiger charge is -2.73. The van der Waals surface area contributed by atoms with E-state index in [1.54, 1.807) is 0 Å². The molecule has 10 atom stereocenters. The van der Waals surface area contributed by atoms with Gasteiger partial charge in [0.2, 0.25) is 0 Å². The molecule has 1 aromatic heterocycles. The molecule has 41 heavy (non-hydrogen) atoms. The van der Waals surface area contributed by atoms with Gasteiger partial charge >= 0.3 is 0 Å². The number of fused-ring (bicyclic) bond motifs is 7. The maximum Gasteiger partial charge on any atom is 0.174 e. The van der Waals surface area contributed by atoms with Crippen molar-refractivity contribution in [1.29, 1.82) is 0 Å². The molecule has 4 nitrogen and oxygen atoms in total. The van der Waals surface area contributed by atoms with E-state index in [-0.39, 0.29) is 45.9 Å². The summed E-state index contributed by atoms with van der Waals surface area (Å²) in [5.74, 6) is 2.85. The summed E-state index contributed by atoms with van der Waals surface area (Å²) < 4.78 is 2.19. The lowest BCUT2D eigenvalue weighted by atomic mass is 9.32. The van der Waals surface area contributed by atoms with Gasteiger partial charge in [0, 0.05) is 18.2 Å². The second-order valence-electron chi connectivity index (χ2n) is 16.4. The van der Waals surface area contributed by atoms with E-state index >= 15 is 0 Å². The summed E-state index contributed by atoms with van der Waals surface area (Å²) >= 11 is 0. The third kappa shape index (κ3) is 4.40. The van der Waals surface area contributed by atoms with Crippen LogP contribution in [0.25, 0.3) is 0 Å². The fourth-order valence-corrected chi connectivity index (χ4v) is 12.6. The molecule has 5 heteroatoms. The number of aliphatic hydroxyl groups excluding tert-OH is 3. The van der Waals surface area contributed by atoms with Crippen molar-refractivity contribution < 1.29 is 36.9 Å². The van der Waals surface area contributed by atoms with Gasteiger partial charge in [-0.15, -0.1) is 0 Å². The molecule has 0 amide bonds. The Labute approximate surface area is 259 Å². The standard InChI is InChI=1S/C36H56NO3.BrH/c1-24(20-37-19-7-8-25(21-37)22-38)26-11-16-36(23-39)18-17-34(5)27(31(26)36)9-10-29-33(4)14-13-30(40)32(2,3)28(33)12-15-35(29,34)6;/h7-8,19,21,26-31,38-40H,1,9-18,20,22-23H2,2-6H3;1H/q+1;/p-1/t26-,27?,28?,29?,30-,31?,33-,34+,35+,36+;/m0./s1. The van der Waals surface area contributed by atoms with Gasteiger partial charge in [0.25, 0.3) is 0 Å². The summed E-state index contributed by atoms with van der Waals surface area (Å²) in [6.07, 6.45) is 15.8. The summed E-state index contributed by atoms with van der Waals surface area (Å²) in [6, 6.07) is 3.99. The molecule has 0 saturated heterocycles. The molecule has 5 fully saturated rings. The number of nitrogens with zero attached hydrogens (tertiary/aromatic N) is 1.